The molecular formula is C8H13BrN2. The van der Waals surface area contributed by atoms with E-state index in [0.29, 0.717) is 5.92 Å². The lowest BCUT2D eigenvalue weighted by molar-refractivity contribution is 0.791. The van der Waals surface area contributed by atoms with E-state index < -0.39 is 0 Å². The summed E-state index contributed by atoms with van der Waals surface area (Å²) >= 11 is 3.43. The maximum absolute atomic E-state index is 4.30. The molecule has 3 heteroatoms. The van der Waals surface area contributed by atoms with Gasteiger partial charge in [0.2, 0.25) is 0 Å². The summed E-state index contributed by atoms with van der Waals surface area (Å²) in [6, 6.07) is 0. The first kappa shape index (κ1) is 8.78. The summed E-state index contributed by atoms with van der Waals surface area (Å²) in [4.78, 5) is 4.30. The molecule has 0 spiro atoms. The number of hydrogen-bond acceptors (Lipinski definition) is 2. The van der Waals surface area contributed by atoms with E-state index in [9.17, 15) is 0 Å². The molecule has 0 amide bonds. The summed E-state index contributed by atoms with van der Waals surface area (Å²) in [6.07, 6.45) is 2.91. The van der Waals surface area contributed by atoms with E-state index in [1.54, 1.807) is 0 Å². The minimum absolute atomic E-state index is 0.490. The molecule has 0 saturated heterocycles. The number of nitrogens with zero attached hydrogens (tertiary/aromatic N) is 1. The highest BCUT2D eigenvalue weighted by Crippen LogP contribution is 2.12. The van der Waals surface area contributed by atoms with Crippen LogP contribution in [-0.4, -0.2) is 12.4 Å². The van der Waals surface area contributed by atoms with Crippen molar-refractivity contribution in [3.8, 4) is 0 Å². The Morgan fingerprint density at radius 2 is 2.36 bits per heavy atom. The van der Waals surface area contributed by atoms with Gasteiger partial charge in [0.25, 0.3) is 0 Å². The van der Waals surface area contributed by atoms with Gasteiger partial charge in [-0.15, -0.1) is 0 Å². The van der Waals surface area contributed by atoms with Gasteiger partial charge in [-0.05, 0) is 6.42 Å². The fourth-order valence-corrected chi connectivity index (χ4v) is 1.21. The molecule has 2 nitrogen and oxygen atoms in total. The zero-order chi connectivity index (χ0) is 8.27. The molecule has 0 radical (unpaired) electrons. The van der Waals surface area contributed by atoms with Crippen molar-refractivity contribution >= 4 is 21.8 Å². The maximum atomic E-state index is 4.30. The molecule has 0 aromatic heterocycles. The second-order valence-electron chi connectivity index (χ2n) is 2.92. The predicted octanol–water partition coefficient (Wildman–Crippen LogP) is 2.27. The van der Waals surface area contributed by atoms with Crippen molar-refractivity contribution in [2.24, 2.45) is 10.9 Å². The third-order valence-corrected chi connectivity index (χ3v) is 2.16. The second-order valence-corrected chi connectivity index (χ2v) is 3.94. The summed E-state index contributed by atoms with van der Waals surface area (Å²) in [5, 5.41) is 3.28. The highest BCUT2D eigenvalue weighted by Gasteiger charge is 2.06. The molecule has 0 aliphatic carbocycles. The molecule has 1 aliphatic rings. The first-order valence-electron chi connectivity index (χ1n) is 3.86. The molecule has 0 aromatic rings. The Morgan fingerprint density at radius 1 is 1.64 bits per heavy atom. The third-order valence-electron chi connectivity index (χ3n) is 1.56. The van der Waals surface area contributed by atoms with E-state index in [0.717, 1.165) is 18.8 Å². The summed E-state index contributed by atoms with van der Waals surface area (Å²) < 4.78 is 1.17. The van der Waals surface area contributed by atoms with Gasteiger partial charge >= 0.3 is 0 Å². The summed E-state index contributed by atoms with van der Waals surface area (Å²) in [6.45, 7) is 5.26. The van der Waals surface area contributed by atoms with Crippen LogP contribution in [0.25, 0.3) is 0 Å². The second kappa shape index (κ2) is 3.90. The molecule has 0 saturated carbocycles. The molecule has 0 aromatic carbocycles. The molecule has 11 heavy (non-hydrogen) atoms. The van der Waals surface area contributed by atoms with Crippen LogP contribution in [0.3, 0.4) is 0 Å². The van der Waals surface area contributed by atoms with Crippen molar-refractivity contribution in [2.75, 3.05) is 6.54 Å². The minimum Gasteiger partial charge on any atom is -0.373 e. The van der Waals surface area contributed by atoms with Gasteiger partial charge in [0.15, 0.2) is 0 Å². The fourth-order valence-electron chi connectivity index (χ4n) is 0.913. The number of aliphatic imine (C=N–C) groups is 1. The quantitative estimate of drug-likeness (QED) is 0.715. The molecule has 0 fully saturated rings. The Kier molecular flexibility index (Phi) is 3.12. The zero-order valence-electron chi connectivity index (χ0n) is 6.89. The lowest BCUT2D eigenvalue weighted by Crippen LogP contribution is -2.27. The lowest BCUT2D eigenvalue weighted by Gasteiger charge is -2.08. The Balaban J connectivity index is 2.67. The van der Waals surface area contributed by atoms with Crippen LogP contribution < -0.4 is 5.32 Å². The molecule has 62 valence electrons. The Hall–Kier alpha value is -0.310. The number of amidine groups is 1. The van der Waals surface area contributed by atoms with Crippen LogP contribution in [-0.2, 0) is 0 Å². The smallest absolute Gasteiger partial charge is 0.104 e. The highest BCUT2D eigenvalue weighted by atomic mass is 79.9. The van der Waals surface area contributed by atoms with Gasteiger partial charge in [0.1, 0.15) is 5.84 Å². The zero-order valence-corrected chi connectivity index (χ0v) is 8.48. The van der Waals surface area contributed by atoms with Crippen molar-refractivity contribution < 1.29 is 0 Å². The van der Waals surface area contributed by atoms with Gasteiger partial charge in [-0.2, -0.15) is 0 Å². The van der Waals surface area contributed by atoms with Crippen LogP contribution in [0.2, 0.25) is 0 Å². The van der Waals surface area contributed by atoms with E-state index >= 15 is 0 Å². The van der Waals surface area contributed by atoms with Gasteiger partial charge in [-0.3, -0.25) is 0 Å². The monoisotopic (exact) mass is 216 g/mol. The first-order valence-corrected chi connectivity index (χ1v) is 4.65. The van der Waals surface area contributed by atoms with E-state index in [1.165, 1.54) is 4.48 Å². The lowest BCUT2D eigenvalue weighted by atomic mass is 10.2. The number of halogens is 1. The molecule has 1 aliphatic heterocycles. The molecular weight excluding hydrogens is 204 g/mol. The molecule has 1 rings (SSSR count). The third kappa shape index (κ3) is 2.66. The van der Waals surface area contributed by atoms with Gasteiger partial charge in [-0.25, -0.2) is 4.99 Å². The maximum Gasteiger partial charge on any atom is 0.104 e. The summed E-state index contributed by atoms with van der Waals surface area (Å²) in [5.74, 6) is 1.57. The van der Waals surface area contributed by atoms with Crippen LogP contribution in [0.4, 0.5) is 0 Å². The van der Waals surface area contributed by atoms with Crippen molar-refractivity contribution in [1.82, 2.24) is 5.32 Å². The standard InChI is InChI=1S/C8H13BrN2/c1-6(2)8-10-4-3-7(9)5-11-8/h5-6H,3-4H2,1-2H3,(H,10,11). The van der Waals surface area contributed by atoms with Crippen molar-refractivity contribution in [1.29, 1.82) is 0 Å². The molecule has 0 unspecified atom stereocenters. The van der Waals surface area contributed by atoms with Gasteiger partial charge in [0.05, 0.1) is 0 Å². The minimum atomic E-state index is 0.490. The van der Waals surface area contributed by atoms with Crippen LogP contribution in [0.1, 0.15) is 20.3 Å². The van der Waals surface area contributed by atoms with Crippen LogP contribution >= 0.6 is 15.9 Å². The summed E-state index contributed by atoms with van der Waals surface area (Å²) in [5.41, 5.74) is 0. The number of nitrogens with one attached hydrogen (secondary N) is 1. The van der Waals surface area contributed by atoms with Crippen molar-refractivity contribution in [3.05, 3.63) is 10.7 Å². The normalized spacial score (nSPS) is 18.5. The molecule has 1 N–H and O–H groups in total. The Morgan fingerprint density at radius 3 is 3.00 bits per heavy atom. The Bertz CT molecular complexity index is 194. The first-order chi connectivity index (χ1) is 5.20. The van der Waals surface area contributed by atoms with Crippen molar-refractivity contribution in [3.63, 3.8) is 0 Å². The summed E-state index contributed by atoms with van der Waals surface area (Å²) in [7, 11) is 0. The largest absolute Gasteiger partial charge is 0.373 e. The predicted molar refractivity (Wildman–Crippen MR) is 51.9 cm³/mol. The average molecular weight is 217 g/mol. The van der Waals surface area contributed by atoms with Gasteiger partial charge in [-0.1, -0.05) is 29.8 Å². The van der Waals surface area contributed by atoms with Crippen molar-refractivity contribution in [2.45, 2.75) is 20.3 Å². The number of rotatable bonds is 1. The fraction of sp³-hybridized carbons (Fsp3) is 0.625. The van der Waals surface area contributed by atoms with Gasteiger partial charge in [0, 0.05) is 23.1 Å². The molecule has 0 atom stereocenters. The number of hydrogen-bond donors (Lipinski definition) is 1. The van der Waals surface area contributed by atoms with E-state index in [2.05, 4.69) is 40.1 Å². The van der Waals surface area contributed by atoms with E-state index in [-0.39, 0.29) is 0 Å². The van der Waals surface area contributed by atoms with Crippen LogP contribution in [0, 0.1) is 5.92 Å². The van der Waals surface area contributed by atoms with E-state index in [4.69, 9.17) is 0 Å². The van der Waals surface area contributed by atoms with Crippen LogP contribution in [0.5, 0.6) is 0 Å². The molecule has 1 heterocycles. The van der Waals surface area contributed by atoms with Crippen LogP contribution in [0.15, 0.2) is 15.7 Å². The van der Waals surface area contributed by atoms with E-state index in [1.807, 2.05) is 6.20 Å². The Labute approximate surface area is 75.9 Å². The van der Waals surface area contributed by atoms with Gasteiger partial charge < -0.3 is 5.32 Å². The topological polar surface area (TPSA) is 24.4 Å². The SMILES string of the molecule is CC(C)C1=NC=C(Br)CCN1. The highest BCUT2D eigenvalue weighted by molar-refractivity contribution is 9.11. The molecule has 0 bridgehead atoms. The average Bonchev–Trinajstić information content (AvgIpc) is 2.13.